The SMILES string of the molecule is CCOC[C@@]1(O)CC[C@@]2(C)[C@@H](CC[C@@H]3[C@@H]2CC[C@]2(C)[C@@H](OC)CC[C@@H]32)C1. The smallest absolute Gasteiger partial charge is 0.0883 e. The zero-order valence-electron chi connectivity index (χ0n) is 17.4. The maximum atomic E-state index is 11.1. The summed E-state index contributed by atoms with van der Waals surface area (Å²) in [7, 11) is 1.92. The van der Waals surface area contributed by atoms with Crippen molar-refractivity contribution in [1.82, 2.24) is 0 Å². The van der Waals surface area contributed by atoms with Crippen LogP contribution in [0.15, 0.2) is 0 Å². The molecular weight excluding hydrogens is 324 g/mol. The van der Waals surface area contributed by atoms with Crippen molar-refractivity contribution in [2.24, 2.45) is 34.5 Å². The van der Waals surface area contributed by atoms with Crippen LogP contribution >= 0.6 is 0 Å². The molecule has 0 aliphatic heterocycles. The minimum atomic E-state index is -0.579. The van der Waals surface area contributed by atoms with Gasteiger partial charge in [-0.15, -0.1) is 0 Å². The molecule has 3 nitrogen and oxygen atoms in total. The molecular formula is C23H40O3. The molecule has 4 aliphatic rings. The third-order valence-corrected chi connectivity index (χ3v) is 9.59. The van der Waals surface area contributed by atoms with Crippen LogP contribution in [0, 0.1) is 34.5 Å². The first-order valence-corrected chi connectivity index (χ1v) is 11.2. The van der Waals surface area contributed by atoms with Gasteiger partial charge in [-0.2, -0.15) is 0 Å². The monoisotopic (exact) mass is 364 g/mol. The van der Waals surface area contributed by atoms with Crippen LogP contribution in [0.25, 0.3) is 0 Å². The minimum absolute atomic E-state index is 0.406. The van der Waals surface area contributed by atoms with Crippen molar-refractivity contribution in [2.45, 2.75) is 90.3 Å². The first kappa shape index (κ1) is 19.2. The van der Waals surface area contributed by atoms with E-state index in [1.807, 2.05) is 14.0 Å². The molecule has 0 bridgehead atoms. The third kappa shape index (κ3) is 2.79. The van der Waals surface area contributed by atoms with E-state index >= 15 is 0 Å². The molecule has 0 radical (unpaired) electrons. The van der Waals surface area contributed by atoms with Gasteiger partial charge in [-0.05, 0) is 99.2 Å². The number of aliphatic hydroxyl groups is 1. The maximum absolute atomic E-state index is 11.1. The lowest BCUT2D eigenvalue weighted by molar-refractivity contribution is -0.169. The molecule has 0 aromatic rings. The molecule has 150 valence electrons. The lowest BCUT2D eigenvalue weighted by Gasteiger charge is -2.62. The summed E-state index contributed by atoms with van der Waals surface area (Å²) in [6, 6.07) is 0. The van der Waals surface area contributed by atoms with Crippen LogP contribution in [0.1, 0.15) is 78.6 Å². The minimum Gasteiger partial charge on any atom is -0.387 e. The van der Waals surface area contributed by atoms with Crippen LogP contribution in [0.3, 0.4) is 0 Å². The van der Waals surface area contributed by atoms with Crippen LogP contribution in [0.4, 0.5) is 0 Å². The van der Waals surface area contributed by atoms with Gasteiger partial charge in [-0.25, -0.2) is 0 Å². The largest absolute Gasteiger partial charge is 0.387 e. The quantitative estimate of drug-likeness (QED) is 0.778. The summed E-state index contributed by atoms with van der Waals surface area (Å²) in [6.07, 6.45) is 11.5. The highest BCUT2D eigenvalue weighted by atomic mass is 16.5. The molecule has 4 aliphatic carbocycles. The fraction of sp³-hybridized carbons (Fsp3) is 1.00. The summed E-state index contributed by atoms with van der Waals surface area (Å²) in [5.74, 6) is 3.26. The van der Waals surface area contributed by atoms with Gasteiger partial charge in [0.15, 0.2) is 0 Å². The Kier molecular flexibility index (Phi) is 4.98. The van der Waals surface area contributed by atoms with Gasteiger partial charge >= 0.3 is 0 Å². The van der Waals surface area contributed by atoms with Crippen molar-refractivity contribution in [3.05, 3.63) is 0 Å². The van der Waals surface area contributed by atoms with Crippen molar-refractivity contribution in [1.29, 1.82) is 0 Å². The van der Waals surface area contributed by atoms with Crippen LogP contribution in [0.5, 0.6) is 0 Å². The number of hydrogen-bond donors (Lipinski definition) is 1. The molecule has 0 amide bonds. The van der Waals surface area contributed by atoms with Crippen molar-refractivity contribution >= 4 is 0 Å². The van der Waals surface area contributed by atoms with E-state index in [4.69, 9.17) is 9.47 Å². The lowest BCUT2D eigenvalue weighted by Crippen LogP contribution is -2.57. The number of fused-ring (bicyclic) bond motifs is 5. The van der Waals surface area contributed by atoms with Gasteiger partial charge in [0.2, 0.25) is 0 Å². The average molecular weight is 365 g/mol. The maximum Gasteiger partial charge on any atom is 0.0883 e. The third-order valence-electron chi connectivity index (χ3n) is 9.59. The van der Waals surface area contributed by atoms with E-state index in [9.17, 15) is 5.11 Å². The van der Waals surface area contributed by atoms with Gasteiger partial charge in [0, 0.05) is 13.7 Å². The molecule has 26 heavy (non-hydrogen) atoms. The van der Waals surface area contributed by atoms with Gasteiger partial charge in [0.25, 0.3) is 0 Å². The van der Waals surface area contributed by atoms with Crippen LogP contribution in [0.2, 0.25) is 0 Å². The van der Waals surface area contributed by atoms with Gasteiger partial charge < -0.3 is 14.6 Å². The summed E-state index contributed by atoms with van der Waals surface area (Å²) >= 11 is 0. The van der Waals surface area contributed by atoms with Crippen molar-refractivity contribution in [2.75, 3.05) is 20.3 Å². The number of hydrogen-bond acceptors (Lipinski definition) is 3. The predicted molar refractivity (Wildman–Crippen MR) is 104 cm³/mol. The number of ether oxygens (including phenoxy) is 2. The van der Waals surface area contributed by atoms with Gasteiger partial charge in [0.1, 0.15) is 0 Å². The molecule has 0 unspecified atom stereocenters. The molecule has 0 saturated heterocycles. The van der Waals surface area contributed by atoms with Crippen LogP contribution in [-0.4, -0.2) is 37.1 Å². The first-order valence-electron chi connectivity index (χ1n) is 11.2. The molecule has 0 spiro atoms. The number of rotatable bonds is 4. The van der Waals surface area contributed by atoms with E-state index in [1.54, 1.807) is 0 Å². The van der Waals surface area contributed by atoms with E-state index in [-0.39, 0.29) is 0 Å². The van der Waals surface area contributed by atoms with E-state index in [1.165, 1.54) is 44.9 Å². The molecule has 4 saturated carbocycles. The highest BCUT2D eigenvalue weighted by molar-refractivity contribution is 5.10. The second-order valence-corrected chi connectivity index (χ2v) is 10.6. The van der Waals surface area contributed by atoms with Crippen molar-refractivity contribution in [3.8, 4) is 0 Å². The summed E-state index contributed by atoms with van der Waals surface area (Å²) in [6.45, 7) is 8.34. The predicted octanol–water partition coefficient (Wildman–Crippen LogP) is 4.81. The lowest BCUT2D eigenvalue weighted by atomic mass is 9.44. The van der Waals surface area contributed by atoms with Gasteiger partial charge in [-0.1, -0.05) is 13.8 Å². The molecule has 8 atom stereocenters. The molecule has 4 rings (SSSR count). The first-order chi connectivity index (χ1) is 12.4. The standard InChI is InChI=1S/C23H40O3/c1-5-26-15-23(24)13-12-21(2)16(14-23)6-7-17-18-8-9-20(25-4)22(18,3)11-10-19(17)21/h16-20,24H,5-15H2,1-4H3/t16-,17-,18-,19-,20-,21-,22-,23+/m0/s1. The summed E-state index contributed by atoms with van der Waals surface area (Å²) < 4.78 is 11.5. The zero-order valence-corrected chi connectivity index (χ0v) is 17.4. The van der Waals surface area contributed by atoms with Crippen molar-refractivity contribution in [3.63, 3.8) is 0 Å². The molecule has 3 heteroatoms. The van der Waals surface area contributed by atoms with Gasteiger partial charge in [0.05, 0.1) is 18.3 Å². The van der Waals surface area contributed by atoms with E-state index < -0.39 is 5.60 Å². The number of methoxy groups -OCH3 is 1. The Morgan fingerprint density at radius 2 is 1.69 bits per heavy atom. The Morgan fingerprint density at radius 1 is 0.923 bits per heavy atom. The average Bonchev–Trinajstić information content (AvgIpc) is 2.97. The van der Waals surface area contributed by atoms with Gasteiger partial charge in [-0.3, -0.25) is 0 Å². The highest BCUT2D eigenvalue weighted by Crippen LogP contribution is 2.67. The molecule has 0 aromatic heterocycles. The fourth-order valence-electron chi connectivity index (χ4n) is 8.08. The normalized spacial score (nSPS) is 53.7. The highest BCUT2D eigenvalue weighted by Gasteiger charge is 2.61. The summed E-state index contributed by atoms with van der Waals surface area (Å²) in [5.41, 5.74) is 0.252. The van der Waals surface area contributed by atoms with E-state index in [2.05, 4.69) is 13.8 Å². The summed E-state index contributed by atoms with van der Waals surface area (Å²) in [5, 5.41) is 11.1. The molecule has 4 fully saturated rings. The second kappa shape index (κ2) is 6.74. The molecule has 1 N–H and O–H groups in total. The summed E-state index contributed by atoms with van der Waals surface area (Å²) in [4.78, 5) is 0. The Hall–Kier alpha value is -0.120. The fourth-order valence-corrected chi connectivity index (χ4v) is 8.08. The van der Waals surface area contributed by atoms with Crippen molar-refractivity contribution < 1.29 is 14.6 Å². The molecule has 0 aromatic carbocycles. The topological polar surface area (TPSA) is 38.7 Å². The Balaban J connectivity index is 1.52. The Morgan fingerprint density at radius 3 is 2.42 bits per heavy atom. The molecule has 0 heterocycles. The second-order valence-electron chi connectivity index (χ2n) is 10.6. The van der Waals surface area contributed by atoms with Crippen LogP contribution < -0.4 is 0 Å². The van der Waals surface area contributed by atoms with E-state index in [0.717, 1.165) is 30.6 Å². The Bertz CT molecular complexity index is 522. The Labute approximate surface area is 160 Å². The van der Waals surface area contributed by atoms with E-state index in [0.29, 0.717) is 36.1 Å². The zero-order chi connectivity index (χ0) is 18.6. The van der Waals surface area contributed by atoms with Crippen LogP contribution in [-0.2, 0) is 9.47 Å².